The van der Waals surface area contributed by atoms with Gasteiger partial charge in [-0.05, 0) is 33.0 Å². The molecular formula is C10H20N3S+. The first-order valence-electron chi connectivity index (χ1n) is 4.94. The maximum atomic E-state index is 5.22. The highest BCUT2D eigenvalue weighted by atomic mass is 32.1. The van der Waals surface area contributed by atoms with Crippen molar-refractivity contribution in [1.82, 2.24) is 10.2 Å². The van der Waals surface area contributed by atoms with E-state index >= 15 is 0 Å². The summed E-state index contributed by atoms with van der Waals surface area (Å²) in [6.07, 6.45) is 1.89. The number of rotatable bonds is 2. The van der Waals surface area contributed by atoms with E-state index in [1.165, 1.54) is 4.90 Å². The highest BCUT2D eigenvalue weighted by molar-refractivity contribution is 7.80. The molecule has 0 aromatic heterocycles. The van der Waals surface area contributed by atoms with Gasteiger partial charge in [-0.1, -0.05) is 6.08 Å². The molecule has 1 aliphatic heterocycles. The molecule has 1 unspecified atom stereocenters. The molecule has 3 nitrogen and oxygen atoms in total. The molecule has 0 aromatic rings. The molecule has 1 atom stereocenters. The largest absolute Gasteiger partial charge is 0.316 e. The molecule has 0 spiro atoms. The van der Waals surface area contributed by atoms with Crippen LogP contribution in [0.1, 0.15) is 20.8 Å². The van der Waals surface area contributed by atoms with Crippen LogP contribution in [0.5, 0.6) is 0 Å². The third kappa shape index (κ3) is 2.69. The van der Waals surface area contributed by atoms with Crippen molar-refractivity contribution in [2.45, 2.75) is 26.3 Å². The minimum absolute atomic E-state index is 0.252. The second-order valence-electron chi connectivity index (χ2n) is 4.68. The van der Waals surface area contributed by atoms with Gasteiger partial charge in [0.15, 0.2) is 18.4 Å². The number of thiocarbonyl (C=S) groups is 1. The molecule has 1 aliphatic rings. The zero-order chi connectivity index (χ0) is 10.8. The van der Waals surface area contributed by atoms with Crippen LogP contribution in [0, 0.1) is 0 Å². The van der Waals surface area contributed by atoms with Crippen molar-refractivity contribution in [3.63, 3.8) is 0 Å². The van der Waals surface area contributed by atoms with E-state index < -0.39 is 0 Å². The van der Waals surface area contributed by atoms with Crippen LogP contribution in [0.4, 0.5) is 0 Å². The van der Waals surface area contributed by atoms with Gasteiger partial charge in [-0.2, -0.15) is 0 Å². The van der Waals surface area contributed by atoms with Gasteiger partial charge in [-0.15, -0.1) is 6.58 Å². The Labute approximate surface area is 91.8 Å². The van der Waals surface area contributed by atoms with Crippen molar-refractivity contribution in [1.29, 1.82) is 0 Å². The molecule has 0 aliphatic carbocycles. The lowest BCUT2D eigenvalue weighted by Crippen LogP contribution is -3.23. The quantitative estimate of drug-likeness (QED) is 0.497. The molecule has 1 fully saturated rings. The van der Waals surface area contributed by atoms with E-state index in [9.17, 15) is 0 Å². The topological polar surface area (TPSA) is 19.7 Å². The van der Waals surface area contributed by atoms with Gasteiger partial charge in [0, 0.05) is 6.54 Å². The van der Waals surface area contributed by atoms with Crippen molar-refractivity contribution in [2.75, 3.05) is 19.9 Å². The van der Waals surface area contributed by atoms with E-state index in [2.05, 4.69) is 37.6 Å². The summed E-state index contributed by atoms with van der Waals surface area (Å²) >= 11 is 5.22. The Hall–Kier alpha value is -0.610. The average Bonchev–Trinajstić information content (AvgIpc) is 2.07. The minimum atomic E-state index is 0.252. The summed E-state index contributed by atoms with van der Waals surface area (Å²) < 4.78 is 0. The molecule has 80 valence electrons. The molecule has 1 heterocycles. The van der Waals surface area contributed by atoms with Crippen LogP contribution < -0.4 is 10.2 Å². The summed E-state index contributed by atoms with van der Waals surface area (Å²) in [6.45, 7) is 13.2. The Balaban J connectivity index is 2.62. The lowest BCUT2D eigenvalue weighted by Gasteiger charge is -2.41. The third-order valence-corrected chi connectivity index (χ3v) is 2.93. The first-order chi connectivity index (χ1) is 6.45. The van der Waals surface area contributed by atoms with Gasteiger partial charge in [-0.3, -0.25) is 9.80 Å². The molecule has 2 N–H and O–H groups in total. The van der Waals surface area contributed by atoms with Gasteiger partial charge in [0.1, 0.15) is 0 Å². The van der Waals surface area contributed by atoms with E-state index in [1.807, 2.05) is 6.08 Å². The maximum absolute atomic E-state index is 5.22. The lowest BCUT2D eigenvalue weighted by atomic mass is 10.1. The molecule has 4 heteroatoms. The van der Waals surface area contributed by atoms with E-state index in [0.717, 1.165) is 25.0 Å². The predicted octanol–water partition coefficient (Wildman–Crippen LogP) is -0.0391. The molecule has 14 heavy (non-hydrogen) atoms. The Morgan fingerprint density at radius 2 is 2.29 bits per heavy atom. The van der Waals surface area contributed by atoms with Crippen LogP contribution in [0.25, 0.3) is 0 Å². The molecule has 0 radical (unpaired) electrons. The summed E-state index contributed by atoms with van der Waals surface area (Å²) in [5, 5.41) is 4.09. The molecule has 1 saturated heterocycles. The Kier molecular flexibility index (Phi) is 3.50. The van der Waals surface area contributed by atoms with E-state index in [4.69, 9.17) is 12.2 Å². The van der Waals surface area contributed by atoms with Gasteiger partial charge >= 0.3 is 0 Å². The van der Waals surface area contributed by atoms with Gasteiger partial charge in [-0.25, -0.2) is 0 Å². The zero-order valence-electron chi connectivity index (χ0n) is 9.26. The Bertz CT molecular complexity index is 232. The third-order valence-electron chi connectivity index (χ3n) is 2.53. The first-order valence-corrected chi connectivity index (χ1v) is 5.35. The van der Waals surface area contributed by atoms with Crippen LogP contribution in [-0.4, -0.2) is 35.4 Å². The monoisotopic (exact) mass is 214 g/mol. The molecule has 0 saturated carbocycles. The molecule has 1 rings (SSSR count). The average molecular weight is 214 g/mol. The minimum Gasteiger partial charge on any atom is -0.316 e. The molecule has 0 bridgehead atoms. The Morgan fingerprint density at radius 1 is 1.64 bits per heavy atom. The van der Waals surface area contributed by atoms with Gasteiger partial charge in [0.25, 0.3) is 0 Å². The number of hydrogen-bond donors (Lipinski definition) is 2. The Morgan fingerprint density at radius 3 is 2.79 bits per heavy atom. The van der Waals surface area contributed by atoms with Gasteiger partial charge in [0.05, 0.1) is 5.54 Å². The van der Waals surface area contributed by atoms with E-state index in [1.54, 1.807) is 0 Å². The summed E-state index contributed by atoms with van der Waals surface area (Å²) in [5.74, 6) is 0. The van der Waals surface area contributed by atoms with Crippen LogP contribution >= 0.6 is 12.2 Å². The zero-order valence-corrected chi connectivity index (χ0v) is 10.1. The van der Waals surface area contributed by atoms with Gasteiger partial charge in [0.2, 0.25) is 0 Å². The second-order valence-corrected chi connectivity index (χ2v) is 5.07. The fourth-order valence-electron chi connectivity index (χ4n) is 1.46. The highest BCUT2D eigenvalue weighted by Gasteiger charge is 2.31. The van der Waals surface area contributed by atoms with E-state index in [0.29, 0.717) is 0 Å². The number of nitrogens with one attached hydrogen (secondary N) is 2. The fourth-order valence-corrected chi connectivity index (χ4v) is 1.67. The summed E-state index contributed by atoms with van der Waals surface area (Å²) in [6, 6.07) is 0. The van der Waals surface area contributed by atoms with Crippen molar-refractivity contribution in [3.8, 4) is 0 Å². The SMILES string of the molecule is C=CCN1C[NH+](C(C)(C)C)CNC1=S. The van der Waals surface area contributed by atoms with Crippen molar-refractivity contribution in [2.24, 2.45) is 0 Å². The predicted molar refractivity (Wildman–Crippen MR) is 63.1 cm³/mol. The van der Waals surface area contributed by atoms with Crippen LogP contribution in [0.3, 0.4) is 0 Å². The molecule has 0 aromatic carbocycles. The number of nitrogens with zero attached hydrogens (tertiary/aromatic N) is 1. The van der Waals surface area contributed by atoms with Crippen LogP contribution in [0.15, 0.2) is 12.7 Å². The lowest BCUT2D eigenvalue weighted by molar-refractivity contribution is -0.959. The standard InChI is InChI=1S/C10H19N3S/c1-5-6-12-8-13(10(2,3)4)7-11-9(12)14/h5H,1,6-8H2,2-4H3,(H,11,14)/p+1. The second kappa shape index (κ2) is 4.28. The normalized spacial score (nSPS) is 23.2. The highest BCUT2D eigenvalue weighted by Crippen LogP contribution is 1.96. The number of hydrogen-bond acceptors (Lipinski definition) is 1. The van der Waals surface area contributed by atoms with Crippen molar-refractivity contribution in [3.05, 3.63) is 12.7 Å². The summed E-state index contributed by atoms with van der Waals surface area (Å²) in [5.41, 5.74) is 0.252. The van der Waals surface area contributed by atoms with Crippen LogP contribution in [0.2, 0.25) is 0 Å². The van der Waals surface area contributed by atoms with Crippen LogP contribution in [-0.2, 0) is 0 Å². The maximum Gasteiger partial charge on any atom is 0.177 e. The van der Waals surface area contributed by atoms with Crippen molar-refractivity contribution >= 4 is 17.3 Å². The number of quaternary nitrogens is 1. The molecular weight excluding hydrogens is 194 g/mol. The fraction of sp³-hybridized carbons (Fsp3) is 0.700. The van der Waals surface area contributed by atoms with E-state index in [-0.39, 0.29) is 5.54 Å². The van der Waals surface area contributed by atoms with Gasteiger partial charge < -0.3 is 5.32 Å². The first kappa shape index (κ1) is 11.5. The van der Waals surface area contributed by atoms with Crippen molar-refractivity contribution < 1.29 is 4.90 Å². The smallest absolute Gasteiger partial charge is 0.177 e. The molecule has 0 amide bonds. The summed E-state index contributed by atoms with van der Waals surface area (Å²) in [7, 11) is 0. The summed E-state index contributed by atoms with van der Waals surface area (Å²) in [4.78, 5) is 3.64.